The third-order valence-corrected chi connectivity index (χ3v) is 3.02. The molecule has 88 valence electrons. The van der Waals surface area contributed by atoms with Crippen LogP contribution in [0.15, 0.2) is 39.6 Å². The first kappa shape index (κ1) is 12.0. The van der Waals surface area contributed by atoms with E-state index in [1.165, 1.54) is 0 Å². The molecular weight excluding hydrogens is 280 g/mol. The molecule has 4 heteroatoms. The molecule has 0 radical (unpaired) electrons. The van der Waals surface area contributed by atoms with Crippen LogP contribution in [0.3, 0.4) is 0 Å². The van der Waals surface area contributed by atoms with Crippen LogP contribution in [0.4, 0.5) is 0 Å². The zero-order valence-corrected chi connectivity index (χ0v) is 11.1. The van der Waals surface area contributed by atoms with E-state index >= 15 is 0 Å². The number of hydrogen-bond acceptors (Lipinski definition) is 2. The third kappa shape index (κ3) is 3.27. The quantitative estimate of drug-likeness (QED) is 0.945. The number of nitrogens with zero attached hydrogens (tertiary/aromatic N) is 1. The average Bonchev–Trinajstić information content (AvgIpc) is 2.31. The van der Waals surface area contributed by atoms with Crippen molar-refractivity contribution < 1.29 is 0 Å². The van der Waals surface area contributed by atoms with Crippen molar-refractivity contribution in [3.8, 4) is 0 Å². The highest BCUT2D eigenvalue weighted by molar-refractivity contribution is 9.10. The van der Waals surface area contributed by atoms with Gasteiger partial charge in [0.05, 0.1) is 0 Å². The molecule has 0 saturated heterocycles. The Bertz CT molecular complexity index is 560. The minimum atomic E-state index is -0.0797. The van der Waals surface area contributed by atoms with Gasteiger partial charge in [-0.1, -0.05) is 35.0 Å². The Morgan fingerprint density at radius 1 is 1.29 bits per heavy atom. The van der Waals surface area contributed by atoms with Crippen molar-refractivity contribution in [3.63, 3.8) is 0 Å². The molecule has 1 heterocycles. The van der Waals surface area contributed by atoms with Crippen LogP contribution in [0.25, 0.3) is 0 Å². The van der Waals surface area contributed by atoms with Crippen LogP contribution >= 0.6 is 15.9 Å². The van der Waals surface area contributed by atoms with Crippen molar-refractivity contribution in [3.05, 3.63) is 62.2 Å². The highest BCUT2D eigenvalue weighted by Crippen LogP contribution is 2.12. The van der Waals surface area contributed by atoms with Gasteiger partial charge in [0, 0.05) is 22.7 Å². The Morgan fingerprint density at radius 3 is 2.65 bits per heavy atom. The topological polar surface area (TPSA) is 45.8 Å². The van der Waals surface area contributed by atoms with Gasteiger partial charge in [0.15, 0.2) is 0 Å². The summed E-state index contributed by atoms with van der Waals surface area (Å²) in [6, 6.07) is 9.55. The van der Waals surface area contributed by atoms with Gasteiger partial charge in [-0.15, -0.1) is 0 Å². The largest absolute Gasteiger partial charge is 0.310 e. The Morgan fingerprint density at radius 2 is 2.00 bits per heavy atom. The van der Waals surface area contributed by atoms with Crippen molar-refractivity contribution in [1.82, 2.24) is 9.97 Å². The summed E-state index contributed by atoms with van der Waals surface area (Å²) in [5, 5.41) is 0. The number of aryl methyl sites for hydroxylation is 1. The molecule has 0 aliphatic heterocycles. The maximum Gasteiger partial charge on any atom is 0.251 e. The number of aromatic amines is 1. The first-order valence-electron chi connectivity index (χ1n) is 5.51. The van der Waals surface area contributed by atoms with E-state index in [2.05, 4.69) is 25.9 Å². The van der Waals surface area contributed by atoms with Gasteiger partial charge in [0.1, 0.15) is 5.82 Å². The monoisotopic (exact) mass is 292 g/mol. The van der Waals surface area contributed by atoms with E-state index in [-0.39, 0.29) is 5.56 Å². The van der Waals surface area contributed by atoms with Crippen molar-refractivity contribution >= 4 is 15.9 Å². The van der Waals surface area contributed by atoms with Gasteiger partial charge >= 0.3 is 0 Å². The molecule has 0 aliphatic carbocycles. The zero-order valence-electron chi connectivity index (χ0n) is 9.53. The van der Waals surface area contributed by atoms with E-state index in [1.807, 2.05) is 31.2 Å². The fourth-order valence-corrected chi connectivity index (χ4v) is 1.89. The highest BCUT2D eigenvalue weighted by Gasteiger charge is 2.01. The Balaban J connectivity index is 2.26. The summed E-state index contributed by atoms with van der Waals surface area (Å²) in [7, 11) is 0. The summed E-state index contributed by atoms with van der Waals surface area (Å²) in [6.07, 6.45) is 1.42. The average molecular weight is 293 g/mol. The van der Waals surface area contributed by atoms with Gasteiger partial charge in [-0.3, -0.25) is 4.79 Å². The Labute approximate surface area is 108 Å². The fraction of sp³-hybridized carbons (Fsp3) is 0.231. The lowest BCUT2D eigenvalue weighted by atomic mass is 10.1. The summed E-state index contributed by atoms with van der Waals surface area (Å²) < 4.78 is 1.05. The second-order valence-electron chi connectivity index (χ2n) is 3.84. The van der Waals surface area contributed by atoms with Gasteiger partial charge in [0.25, 0.3) is 5.56 Å². The molecule has 0 atom stereocenters. The van der Waals surface area contributed by atoms with Crippen molar-refractivity contribution in [1.29, 1.82) is 0 Å². The van der Waals surface area contributed by atoms with E-state index in [0.29, 0.717) is 6.42 Å². The minimum Gasteiger partial charge on any atom is -0.310 e. The van der Waals surface area contributed by atoms with Crippen LogP contribution in [-0.4, -0.2) is 9.97 Å². The lowest BCUT2D eigenvalue weighted by Crippen LogP contribution is -2.12. The maximum atomic E-state index is 11.4. The molecular formula is C13H13BrN2O. The summed E-state index contributed by atoms with van der Waals surface area (Å²) in [5.74, 6) is 0.719. The van der Waals surface area contributed by atoms with Gasteiger partial charge in [-0.25, -0.2) is 4.98 Å². The number of benzene rings is 1. The normalized spacial score (nSPS) is 10.5. The van der Waals surface area contributed by atoms with Gasteiger partial charge < -0.3 is 4.98 Å². The molecule has 3 nitrogen and oxygen atoms in total. The third-order valence-electron chi connectivity index (χ3n) is 2.49. The molecule has 0 bridgehead atoms. The van der Waals surface area contributed by atoms with E-state index in [9.17, 15) is 4.79 Å². The number of rotatable bonds is 3. The molecule has 0 fully saturated rings. The molecule has 0 amide bonds. The summed E-state index contributed by atoms with van der Waals surface area (Å²) in [4.78, 5) is 18.6. The van der Waals surface area contributed by atoms with Crippen LogP contribution in [0.1, 0.15) is 24.0 Å². The molecule has 2 aromatic rings. The molecule has 0 saturated carbocycles. The van der Waals surface area contributed by atoms with Crippen LogP contribution in [-0.2, 0) is 12.8 Å². The second-order valence-corrected chi connectivity index (χ2v) is 4.76. The van der Waals surface area contributed by atoms with Crippen LogP contribution < -0.4 is 5.56 Å². The maximum absolute atomic E-state index is 11.4. The van der Waals surface area contributed by atoms with Crippen molar-refractivity contribution in [2.45, 2.75) is 19.8 Å². The smallest absolute Gasteiger partial charge is 0.251 e. The van der Waals surface area contributed by atoms with E-state index in [4.69, 9.17) is 0 Å². The van der Waals surface area contributed by atoms with Crippen LogP contribution in [0.5, 0.6) is 0 Å². The molecule has 1 N–H and O–H groups in total. The summed E-state index contributed by atoms with van der Waals surface area (Å²) >= 11 is 3.39. The molecule has 1 aromatic heterocycles. The predicted molar refractivity (Wildman–Crippen MR) is 71.2 cm³/mol. The molecule has 1 aromatic carbocycles. The van der Waals surface area contributed by atoms with Crippen LogP contribution in [0.2, 0.25) is 0 Å². The Hall–Kier alpha value is -1.42. The number of nitrogens with one attached hydrogen (secondary N) is 1. The lowest BCUT2D eigenvalue weighted by molar-refractivity contribution is 0.888. The van der Waals surface area contributed by atoms with E-state index in [0.717, 1.165) is 28.0 Å². The first-order valence-corrected chi connectivity index (χ1v) is 6.30. The molecule has 17 heavy (non-hydrogen) atoms. The van der Waals surface area contributed by atoms with Crippen molar-refractivity contribution in [2.75, 3.05) is 0 Å². The van der Waals surface area contributed by atoms with Gasteiger partial charge in [-0.2, -0.15) is 0 Å². The van der Waals surface area contributed by atoms with Gasteiger partial charge in [-0.05, 0) is 24.1 Å². The van der Waals surface area contributed by atoms with Crippen LogP contribution in [0, 0.1) is 0 Å². The predicted octanol–water partition coefficient (Wildman–Crippen LogP) is 2.69. The molecule has 0 spiro atoms. The first-order chi connectivity index (χ1) is 8.17. The second kappa shape index (κ2) is 5.27. The zero-order chi connectivity index (χ0) is 12.3. The standard InChI is InChI=1S/C13H13BrN2O/c1-2-11-8-13(17)16-12(15-11)7-9-3-5-10(14)6-4-9/h3-6,8H,2,7H2,1H3,(H,15,16,17). The number of halogens is 1. The van der Waals surface area contributed by atoms with E-state index < -0.39 is 0 Å². The van der Waals surface area contributed by atoms with Crippen molar-refractivity contribution in [2.24, 2.45) is 0 Å². The number of aromatic nitrogens is 2. The minimum absolute atomic E-state index is 0.0797. The molecule has 0 unspecified atom stereocenters. The van der Waals surface area contributed by atoms with E-state index in [1.54, 1.807) is 6.07 Å². The SMILES string of the molecule is CCc1cc(=O)[nH]c(Cc2ccc(Br)cc2)n1. The number of hydrogen-bond donors (Lipinski definition) is 1. The highest BCUT2D eigenvalue weighted by atomic mass is 79.9. The molecule has 0 aliphatic rings. The van der Waals surface area contributed by atoms with Gasteiger partial charge in [0.2, 0.25) is 0 Å². The molecule has 2 rings (SSSR count). The summed E-state index contributed by atoms with van der Waals surface area (Å²) in [6.45, 7) is 1.99. The Kier molecular flexibility index (Phi) is 3.74. The fourth-order valence-electron chi connectivity index (χ4n) is 1.62. The summed E-state index contributed by atoms with van der Waals surface area (Å²) in [5.41, 5.74) is 1.88. The number of H-pyrrole nitrogens is 1. The lowest BCUT2D eigenvalue weighted by Gasteiger charge is -2.03.